The second-order valence-electron chi connectivity index (χ2n) is 11.8. The van der Waals surface area contributed by atoms with E-state index in [0.717, 1.165) is 38.4 Å². The predicted molar refractivity (Wildman–Crippen MR) is 150 cm³/mol. The van der Waals surface area contributed by atoms with Gasteiger partial charge >= 0.3 is 18.2 Å². The van der Waals surface area contributed by atoms with Gasteiger partial charge in [-0.1, -0.05) is 50.1 Å². The van der Waals surface area contributed by atoms with Crippen LogP contribution in [0, 0.1) is 23.2 Å². The van der Waals surface area contributed by atoms with Crippen LogP contribution in [-0.2, 0) is 32.1 Å². The first-order valence-corrected chi connectivity index (χ1v) is 14.6. The molecule has 14 heteroatoms. The summed E-state index contributed by atoms with van der Waals surface area (Å²) in [5, 5.41) is 9.64. The minimum Gasteiger partial charge on any atom is -0.468 e. The number of fused-ring (bicyclic) bond motifs is 1. The van der Waals surface area contributed by atoms with Gasteiger partial charge in [-0.3, -0.25) is 9.59 Å². The van der Waals surface area contributed by atoms with Crippen molar-refractivity contribution >= 4 is 23.7 Å². The fourth-order valence-corrected chi connectivity index (χ4v) is 6.12. The van der Waals surface area contributed by atoms with E-state index in [2.05, 4.69) is 32.6 Å². The number of hydrogen-bond donors (Lipinski definition) is 2. The Balaban J connectivity index is 1.40. The van der Waals surface area contributed by atoms with Crippen molar-refractivity contribution in [3.05, 3.63) is 59.7 Å². The maximum absolute atomic E-state index is 13.6. The molecule has 2 amide bonds. The molecule has 0 radical (unpaired) electrons. The monoisotopic (exact) mass is 616 g/mol. The number of alkyl halides is 3. The van der Waals surface area contributed by atoms with Crippen LogP contribution in [0.3, 0.4) is 0 Å². The van der Waals surface area contributed by atoms with E-state index in [1.165, 1.54) is 10.7 Å². The third-order valence-electron chi connectivity index (χ3n) is 8.65. The van der Waals surface area contributed by atoms with Crippen LogP contribution in [0.4, 0.5) is 18.0 Å². The lowest BCUT2D eigenvalue weighted by Gasteiger charge is -2.38. The Kier molecular flexibility index (Phi) is 9.07. The molecule has 2 aromatic heterocycles. The molecule has 3 atom stereocenters. The lowest BCUT2D eigenvalue weighted by molar-refractivity contribution is -0.195. The number of aromatic nitrogens is 4. The standard InChI is InChI=1S/C30H35F3N6O5/c1-18-8-10-20(11-9-18)24(37-28(42)44-17-19-6-4-3-5-7-19)23-16-39-27(36-23)35-15-22(38-39)13-29(26(41)43-2)12-21(30(31,32)33)14-34-25(29)40/h3-7,15-16,18,20-21,24H,8-14,17H2,1-2H3,(H,34,40)(H,37,42)/t18?,20?,21-,24+,29?/m1/s1. The number of nitrogens with one attached hydrogen (secondary N) is 2. The number of alkyl carbamates (subject to hydrolysis) is 1. The van der Waals surface area contributed by atoms with E-state index < -0.39 is 60.9 Å². The second kappa shape index (κ2) is 12.8. The molecular formula is C30H35F3N6O5. The van der Waals surface area contributed by atoms with Gasteiger partial charge in [-0.25, -0.2) is 19.3 Å². The van der Waals surface area contributed by atoms with Crippen LogP contribution in [0.2, 0.25) is 0 Å². The average Bonchev–Trinajstić information content (AvgIpc) is 3.43. The number of benzene rings is 1. The predicted octanol–water partition coefficient (Wildman–Crippen LogP) is 4.32. The van der Waals surface area contributed by atoms with E-state index in [4.69, 9.17) is 9.47 Å². The van der Waals surface area contributed by atoms with Crippen LogP contribution in [0.25, 0.3) is 5.78 Å². The zero-order chi connectivity index (χ0) is 31.5. The summed E-state index contributed by atoms with van der Waals surface area (Å²) in [4.78, 5) is 47.5. The van der Waals surface area contributed by atoms with Gasteiger partial charge in [0.25, 0.3) is 5.78 Å². The van der Waals surface area contributed by atoms with Crippen molar-refractivity contribution in [1.82, 2.24) is 30.2 Å². The van der Waals surface area contributed by atoms with Crippen molar-refractivity contribution in [3.63, 3.8) is 0 Å². The quantitative estimate of drug-likeness (QED) is 0.282. The summed E-state index contributed by atoms with van der Waals surface area (Å²) in [5.74, 6) is -3.04. The van der Waals surface area contributed by atoms with Crippen LogP contribution in [-0.4, -0.2) is 57.4 Å². The smallest absolute Gasteiger partial charge is 0.408 e. The molecule has 1 aromatic carbocycles. The highest BCUT2D eigenvalue weighted by Gasteiger charge is 2.57. The largest absolute Gasteiger partial charge is 0.468 e. The molecule has 236 valence electrons. The molecule has 1 aliphatic carbocycles. The number of rotatable bonds is 8. The lowest BCUT2D eigenvalue weighted by Crippen LogP contribution is -2.57. The SMILES string of the molecule is COC(=O)C1(Cc2cnc3nc([C@@H](NC(=O)OCc4ccccc4)C4CCC(C)CC4)cn3n2)C[C@@H](C(F)(F)F)CNC1=O. The Morgan fingerprint density at radius 2 is 1.91 bits per heavy atom. The number of carbonyl (C=O) groups is 3. The van der Waals surface area contributed by atoms with Crippen LogP contribution in [0.15, 0.2) is 42.7 Å². The van der Waals surface area contributed by atoms with E-state index in [1.807, 2.05) is 30.3 Å². The normalized spacial score (nSPS) is 24.8. The average molecular weight is 617 g/mol. The molecule has 3 heterocycles. The summed E-state index contributed by atoms with van der Waals surface area (Å²) < 4.78 is 52.5. The van der Waals surface area contributed by atoms with Gasteiger partial charge in [0, 0.05) is 13.0 Å². The molecule has 0 bridgehead atoms. The third kappa shape index (κ3) is 6.78. The van der Waals surface area contributed by atoms with Gasteiger partial charge in [-0.2, -0.15) is 18.3 Å². The molecule has 1 aliphatic heterocycles. The molecule has 1 saturated carbocycles. The fraction of sp³-hybridized carbons (Fsp3) is 0.533. The Hall–Kier alpha value is -4.23. The number of methoxy groups -OCH3 is 1. The zero-order valence-electron chi connectivity index (χ0n) is 24.5. The van der Waals surface area contributed by atoms with Crippen molar-refractivity contribution in [3.8, 4) is 0 Å². The van der Waals surface area contributed by atoms with Crippen molar-refractivity contribution in [2.75, 3.05) is 13.7 Å². The number of hydrogen-bond acceptors (Lipinski definition) is 8. The number of halogens is 3. The second-order valence-corrected chi connectivity index (χ2v) is 11.8. The van der Waals surface area contributed by atoms with Gasteiger partial charge in [0.1, 0.15) is 6.61 Å². The molecule has 11 nitrogen and oxygen atoms in total. The number of carbonyl (C=O) groups excluding carboxylic acids is 3. The molecule has 1 saturated heterocycles. The Labute approximate surface area is 251 Å². The maximum atomic E-state index is 13.6. The number of piperidine rings is 1. The van der Waals surface area contributed by atoms with Crippen LogP contribution >= 0.6 is 0 Å². The number of ether oxygens (including phenoxy) is 2. The van der Waals surface area contributed by atoms with Crippen molar-refractivity contribution in [1.29, 1.82) is 0 Å². The van der Waals surface area contributed by atoms with Crippen molar-refractivity contribution in [2.24, 2.45) is 23.2 Å². The first kappa shape index (κ1) is 31.2. The first-order valence-electron chi connectivity index (χ1n) is 14.6. The molecule has 44 heavy (non-hydrogen) atoms. The fourth-order valence-electron chi connectivity index (χ4n) is 6.12. The van der Waals surface area contributed by atoms with Crippen LogP contribution in [0.5, 0.6) is 0 Å². The van der Waals surface area contributed by atoms with Gasteiger partial charge in [0.2, 0.25) is 5.91 Å². The van der Waals surface area contributed by atoms with Crippen molar-refractivity contribution < 1.29 is 37.0 Å². The maximum Gasteiger partial charge on any atom is 0.408 e. The van der Waals surface area contributed by atoms with Crippen LogP contribution < -0.4 is 10.6 Å². The lowest BCUT2D eigenvalue weighted by atomic mass is 9.72. The number of amides is 2. The van der Waals surface area contributed by atoms with E-state index in [9.17, 15) is 27.6 Å². The molecule has 5 rings (SSSR count). The molecule has 2 aliphatic rings. The highest BCUT2D eigenvalue weighted by molar-refractivity contribution is 6.03. The van der Waals surface area contributed by atoms with E-state index in [-0.39, 0.29) is 24.0 Å². The van der Waals surface area contributed by atoms with Gasteiger partial charge < -0.3 is 20.1 Å². The Morgan fingerprint density at radius 3 is 2.59 bits per heavy atom. The summed E-state index contributed by atoms with van der Waals surface area (Å²) in [6.45, 7) is 1.67. The first-order chi connectivity index (χ1) is 21.0. The minimum absolute atomic E-state index is 0.0766. The van der Waals surface area contributed by atoms with Crippen molar-refractivity contribution in [2.45, 2.75) is 64.3 Å². The number of nitrogens with zero attached hydrogens (tertiary/aromatic N) is 4. The molecule has 1 unspecified atom stereocenters. The Bertz CT molecular complexity index is 1480. The van der Waals surface area contributed by atoms with E-state index in [0.29, 0.717) is 11.6 Å². The molecule has 0 spiro atoms. The van der Waals surface area contributed by atoms with Gasteiger partial charge in [0.05, 0.1) is 42.9 Å². The van der Waals surface area contributed by atoms with Gasteiger partial charge in [-0.15, -0.1) is 0 Å². The van der Waals surface area contributed by atoms with Gasteiger partial charge in [-0.05, 0) is 36.7 Å². The zero-order valence-corrected chi connectivity index (χ0v) is 24.5. The highest BCUT2D eigenvalue weighted by Crippen LogP contribution is 2.42. The molecular weight excluding hydrogens is 581 g/mol. The summed E-state index contributed by atoms with van der Waals surface area (Å²) in [7, 11) is 1.02. The topological polar surface area (TPSA) is 137 Å². The minimum atomic E-state index is -4.62. The summed E-state index contributed by atoms with van der Waals surface area (Å²) >= 11 is 0. The van der Waals surface area contributed by atoms with Gasteiger partial charge in [0.15, 0.2) is 5.41 Å². The number of esters is 1. The van der Waals surface area contributed by atoms with E-state index >= 15 is 0 Å². The molecule has 2 fully saturated rings. The Morgan fingerprint density at radius 1 is 1.18 bits per heavy atom. The van der Waals surface area contributed by atoms with Crippen LogP contribution in [0.1, 0.15) is 62.0 Å². The molecule has 3 aromatic rings. The third-order valence-corrected chi connectivity index (χ3v) is 8.65. The van der Waals surface area contributed by atoms with E-state index in [1.54, 1.807) is 6.20 Å². The highest BCUT2D eigenvalue weighted by atomic mass is 19.4. The molecule has 2 N–H and O–H groups in total. The summed E-state index contributed by atoms with van der Waals surface area (Å²) in [5.41, 5.74) is -0.696. The summed E-state index contributed by atoms with van der Waals surface area (Å²) in [6.07, 6.45) is 0.130. The summed E-state index contributed by atoms with van der Waals surface area (Å²) in [6, 6.07) is 8.80. The number of imidazole rings is 1.